The van der Waals surface area contributed by atoms with E-state index in [9.17, 15) is 30.6 Å². The van der Waals surface area contributed by atoms with Gasteiger partial charge in [0, 0.05) is 19.8 Å². The highest BCUT2D eigenvalue weighted by Crippen LogP contribution is 2.40. The SMILES string of the molecule is CC(=NC#N)N(C)Cc1ccc(Cl)nc1.N#Cc1nn(-c2c(Cl)cc(C(F)(F)F)cc2Cl)c(N)c1S(=O)C(F)(F)F. The summed E-state index contributed by atoms with van der Waals surface area (Å²) in [7, 11) is -1.84. The van der Waals surface area contributed by atoms with Crippen LogP contribution in [0.1, 0.15) is 23.7 Å². The Bertz CT molecular complexity index is 1540. The first kappa shape index (κ1) is 33.6. The third kappa shape index (κ3) is 8.46. The molecular weight excluding hydrogens is 645 g/mol. The molecule has 41 heavy (non-hydrogen) atoms. The molecule has 19 heteroatoms. The third-order valence-electron chi connectivity index (χ3n) is 4.91. The van der Waals surface area contributed by atoms with E-state index in [4.69, 9.17) is 51.1 Å². The number of rotatable bonds is 4. The lowest BCUT2D eigenvalue weighted by molar-refractivity contribution is -0.137. The van der Waals surface area contributed by atoms with Gasteiger partial charge in [-0.25, -0.2) is 13.9 Å². The van der Waals surface area contributed by atoms with Crippen molar-refractivity contribution in [3.8, 4) is 17.9 Å². The molecule has 218 valence electrons. The Morgan fingerprint density at radius 1 is 1.15 bits per heavy atom. The molecule has 3 rings (SSSR count). The summed E-state index contributed by atoms with van der Waals surface area (Å²) in [5, 5.41) is 19.9. The van der Waals surface area contributed by atoms with Gasteiger partial charge in [-0.1, -0.05) is 40.9 Å². The zero-order valence-corrected chi connectivity index (χ0v) is 23.6. The molecule has 1 aromatic carbocycles. The van der Waals surface area contributed by atoms with Crippen molar-refractivity contribution in [3.05, 3.63) is 62.5 Å². The maximum atomic E-state index is 12.7. The molecule has 0 fully saturated rings. The van der Waals surface area contributed by atoms with Gasteiger partial charge < -0.3 is 10.6 Å². The number of pyridine rings is 1. The number of hydrogen-bond donors (Lipinski definition) is 1. The van der Waals surface area contributed by atoms with Crippen molar-refractivity contribution < 1.29 is 30.6 Å². The number of halogens is 9. The predicted molar refractivity (Wildman–Crippen MR) is 140 cm³/mol. The van der Waals surface area contributed by atoms with Crippen LogP contribution in [0.3, 0.4) is 0 Å². The summed E-state index contributed by atoms with van der Waals surface area (Å²) >= 11 is 17.1. The molecule has 2 N–H and O–H groups in total. The Hall–Kier alpha value is -3.57. The van der Waals surface area contributed by atoms with E-state index in [2.05, 4.69) is 15.1 Å². The quantitative estimate of drug-likeness (QED) is 0.113. The smallest absolute Gasteiger partial charge is 0.383 e. The van der Waals surface area contributed by atoms with E-state index in [0.29, 0.717) is 34.3 Å². The molecule has 3 aromatic rings. The fourth-order valence-corrected chi connectivity index (χ4v) is 4.47. The lowest BCUT2D eigenvalue weighted by Gasteiger charge is -2.17. The van der Waals surface area contributed by atoms with Crippen LogP contribution in [0.15, 0.2) is 40.4 Å². The molecule has 1 atom stereocenters. The molecule has 0 spiro atoms. The maximum Gasteiger partial charge on any atom is 0.476 e. The standard InChI is InChI=1S/C12H4Cl2F6N4OS.C10H11ClN4/c13-5-1-4(11(15,16)17)2-6(14)8(5)24-10(22)9(7(3-21)23-24)26(25)12(18,19)20;1-8(14-7-12)15(2)6-9-3-4-10(11)13-5-9/h1-2H,22H2;3-5H,6H2,1-2H3. The Morgan fingerprint density at radius 3 is 2.17 bits per heavy atom. The van der Waals surface area contributed by atoms with Gasteiger partial charge in [0.1, 0.15) is 33.5 Å². The minimum Gasteiger partial charge on any atom is -0.383 e. The van der Waals surface area contributed by atoms with E-state index in [1.54, 1.807) is 25.4 Å². The summed E-state index contributed by atoms with van der Waals surface area (Å²) in [6.45, 7) is 2.44. The number of nitrogens with two attached hydrogens (primary N) is 1. The van der Waals surface area contributed by atoms with Gasteiger partial charge in [-0.2, -0.15) is 47.0 Å². The molecule has 0 aliphatic heterocycles. The third-order valence-corrected chi connectivity index (χ3v) is 6.90. The molecule has 2 aromatic heterocycles. The number of aliphatic imine (C=N–C) groups is 1. The van der Waals surface area contributed by atoms with E-state index in [1.807, 2.05) is 18.0 Å². The van der Waals surface area contributed by atoms with Crippen LogP contribution in [0.2, 0.25) is 15.2 Å². The summed E-state index contributed by atoms with van der Waals surface area (Å²) < 4.78 is 88.4. The highest BCUT2D eigenvalue weighted by Gasteiger charge is 2.42. The second-order valence-corrected chi connectivity index (χ2v) is 10.3. The fourth-order valence-electron chi connectivity index (χ4n) is 2.94. The Kier molecular flexibility index (Phi) is 11.0. The summed E-state index contributed by atoms with van der Waals surface area (Å²) in [5.41, 5.74) is -1.40. The van der Waals surface area contributed by atoms with Gasteiger partial charge in [-0.3, -0.25) is 0 Å². The number of alkyl halides is 6. The van der Waals surface area contributed by atoms with E-state index < -0.39 is 60.2 Å². The van der Waals surface area contributed by atoms with Crippen LogP contribution in [-0.2, 0) is 23.5 Å². The molecule has 0 radical (unpaired) electrons. The Balaban J connectivity index is 0.000000333. The van der Waals surface area contributed by atoms with Gasteiger partial charge in [-0.15, -0.1) is 0 Å². The minimum atomic E-state index is -5.25. The second kappa shape index (κ2) is 13.4. The first-order valence-electron chi connectivity index (χ1n) is 10.5. The second-order valence-electron chi connectivity index (χ2n) is 7.69. The van der Waals surface area contributed by atoms with Crippen molar-refractivity contribution in [2.75, 3.05) is 12.8 Å². The normalized spacial score (nSPS) is 12.6. The zero-order valence-electron chi connectivity index (χ0n) is 20.5. The van der Waals surface area contributed by atoms with E-state index in [0.717, 1.165) is 5.56 Å². The zero-order chi connectivity index (χ0) is 31.3. The van der Waals surface area contributed by atoms with Crippen LogP contribution >= 0.6 is 34.8 Å². The molecular formula is C22H15Cl3F6N8OS. The topological polar surface area (TPSA) is 137 Å². The van der Waals surface area contributed by atoms with Gasteiger partial charge in [0.15, 0.2) is 16.5 Å². The highest BCUT2D eigenvalue weighted by atomic mass is 35.5. The lowest BCUT2D eigenvalue weighted by atomic mass is 10.2. The van der Waals surface area contributed by atoms with E-state index >= 15 is 0 Å². The average molecular weight is 660 g/mol. The van der Waals surface area contributed by atoms with Crippen molar-refractivity contribution in [2.24, 2.45) is 4.99 Å². The number of hydrogen-bond acceptors (Lipinski definition) is 7. The number of anilines is 1. The number of nitriles is 2. The molecule has 1 unspecified atom stereocenters. The summed E-state index contributed by atoms with van der Waals surface area (Å²) in [4.78, 5) is 8.33. The van der Waals surface area contributed by atoms with E-state index in [1.165, 1.54) is 6.07 Å². The molecule has 0 amide bonds. The van der Waals surface area contributed by atoms with Crippen LogP contribution in [0, 0.1) is 22.8 Å². The summed E-state index contributed by atoms with van der Waals surface area (Å²) in [6, 6.07) is 5.82. The van der Waals surface area contributed by atoms with Crippen LogP contribution in [0.4, 0.5) is 32.2 Å². The minimum absolute atomic E-state index is 0.433. The van der Waals surface area contributed by atoms with Gasteiger partial charge in [0.2, 0.25) is 6.19 Å². The van der Waals surface area contributed by atoms with Crippen molar-refractivity contribution >= 4 is 57.3 Å². The Labute approximate surface area is 245 Å². The van der Waals surface area contributed by atoms with Gasteiger partial charge in [0.05, 0.1) is 15.6 Å². The first-order valence-corrected chi connectivity index (χ1v) is 12.8. The molecule has 0 bridgehead atoms. The monoisotopic (exact) mass is 658 g/mol. The molecule has 0 saturated carbocycles. The Morgan fingerprint density at radius 2 is 1.73 bits per heavy atom. The molecule has 2 heterocycles. The number of benzene rings is 1. The largest absolute Gasteiger partial charge is 0.476 e. The van der Waals surface area contributed by atoms with Crippen molar-refractivity contribution in [2.45, 2.75) is 30.0 Å². The number of amidine groups is 1. The molecule has 9 nitrogen and oxygen atoms in total. The molecule has 0 aliphatic rings. The molecule has 0 saturated heterocycles. The van der Waals surface area contributed by atoms with E-state index in [-0.39, 0.29) is 0 Å². The van der Waals surface area contributed by atoms with Crippen molar-refractivity contribution in [3.63, 3.8) is 0 Å². The number of aromatic nitrogens is 3. The van der Waals surface area contributed by atoms with Crippen LogP contribution in [0.25, 0.3) is 5.69 Å². The van der Waals surface area contributed by atoms with Crippen molar-refractivity contribution in [1.82, 2.24) is 19.7 Å². The van der Waals surface area contributed by atoms with Crippen LogP contribution in [-0.4, -0.2) is 42.3 Å². The van der Waals surface area contributed by atoms with Crippen molar-refractivity contribution in [1.29, 1.82) is 10.5 Å². The molecule has 0 aliphatic carbocycles. The number of nitrogens with zero attached hydrogens (tertiary/aromatic N) is 7. The predicted octanol–water partition coefficient (Wildman–Crippen LogP) is 6.35. The lowest BCUT2D eigenvalue weighted by Crippen LogP contribution is -2.23. The fraction of sp³-hybridized carbons (Fsp3) is 0.227. The summed E-state index contributed by atoms with van der Waals surface area (Å²) in [5.74, 6) is -0.229. The van der Waals surface area contributed by atoms with Crippen LogP contribution in [0.5, 0.6) is 0 Å². The van der Waals surface area contributed by atoms with Gasteiger partial charge in [-0.05, 0) is 30.7 Å². The van der Waals surface area contributed by atoms with Gasteiger partial charge in [0.25, 0.3) is 0 Å². The maximum absolute atomic E-state index is 12.7. The highest BCUT2D eigenvalue weighted by molar-refractivity contribution is 7.86. The average Bonchev–Trinajstić information content (AvgIpc) is 3.19. The summed E-state index contributed by atoms with van der Waals surface area (Å²) in [6.07, 6.45) is -1.33. The first-order chi connectivity index (χ1) is 18.9. The van der Waals surface area contributed by atoms with Gasteiger partial charge >= 0.3 is 11.7 Å². The van der Waals surface area contributed by atoms with Crippen LogP contribution < -0.4 is 5.73 Å². The number of nitrogen functional groups attached to an aromatic ring is 1.